The van der Waals surface area contributed by atoms with Crippen molar-refractivity contribution in [2.75, 3.05) is 12.8 Å². The van der Waals surface area contributed by atoms with Crippen molar-refractivity contribution in [1.29, 1.82) is 0 Å². The first-order valence-corrected chi connectivity index (χ1v) is 15.7. The van der Waals surface area contributed by atoms with Gasteiger partial charge in [-0.1, -0.05) is 88.9 Å². The number of nitrogens with one attached hydrogen (secondary N) is 1. The summed E-state index contributed by atoms with van der Waals surface area (Å²) in [5, 5.41) is 14.6. The summed E-state index contributed by atoms with van der Waals surface area (Å²) in [6, 6.07) is 17.3. The molecule has 0 bridgehead atoms. The van der Waals surface area contributed by atoms with Crippen LogP contribution in [0.3, 0.4) is 0 Å². The molecule has 4 aromatic rings. The minimum Gasteiger partial charge on any atom is -0.448 e. The number of ether oxygens (including phenoxy) is 1. The highest BCUT2D eigenvalue weighted by Crippen LogP contribution is 2.44. The molecule has 6 rings (SSSR count). The number of anilines is 1. The number of β-lactam (4-membered cyclic amide) rings is 1. The van der Waals surface area contributed by atoms with Gasteiger partial charge >= 0.3 is 5.97 Å². The van der Waals surface area contributed by atoms with E-state index in [0.29, 0.717) is 22.1 Å². The molecule has 4 heterocycles. The standard InChI is InChI=1S/C28H24N8O5S3/c1-40-34-20(23-32-27(29)44-35-23)24(37)31-19-17-12-13-18(43-28-33-30-14-42-28)21(36(17)25(19)38)26(39)41-22(15-8-4-2-5-9-15)16-10-6-3-7-11-16/h2-11,14,17,19,22H,12-13H2,1H3,(H,31,37)(H2,29,32,35)/b34-20-/t17-,19+/m1/s1. The monoisotopic (exact) mass is 648 g/mol. The number of hydrogen-bond donors (Lipinski definition) is 2. The van der Waals surface area contributed by atoms with Crippen LogP contribution in [0.25, 0.3) is 0 Å². The van der Waals surface area contributed by atoms with Crippen LogP contribution in [0.5, 0.6) is 0 Å². The normalized spacial score (nSPS) is 18.1. The Labute approximate surface area is 263 Å². The minimum absolute atomic E-state index is 0.0214. The van der Waals surface area contributed by atoms with Gasteiger partial charge in [-0.3, -0.25) is 14.5 Å². The third-order valence-electron chi connectivity index (χ3n) is 6.90. The fourth-order valence-corrected chi connectivity index (χ4v) is 7.13. The maximum Gasteiger partial charge on any atom is 0.356 e. The number of nitrogens with zero attached hydrogens (tertiary/aromatic N) is 6. The highest BCUT2D eigenvalue weighted by molar-refractivity contribution is 8.04. The molecule has 2 aromatic heterocycles. The summed E-state index contributed by atoms with van der Waals surface area (Å²) in [6.07, 6.45) is 0.206. The number of aromatic nitrogens is 4. The smallest absolute Gasteiger partial charge is 0.356 e. The van der Waals surface area contributed by atoms with E-state index in [0.717, 1.165) is 22.7 Å². The molecule has 2 aliphatic heterocycles. The zero-order chi connectivity index (χ0) is 30.6. The lowest BCUT2D eigenvalue weighted by Gasteiger charge is -2.50. The van der Waals surface area contributed by atoms with Crippen LogP contribution in [0.15, 0.2) is 86.3 Å². The number of nitrogen functional groups attached to an aromatic ring is 1. The number of rotatable bonds is 10. The highest BCUT2D eigenvalue weighted by Gasteiger charge is 2.54. The van der Waals surface area contributed by atoms with Gasteiger partial charge in [0, 0.05) is 16.4 Å². The zero-order valence-electron chi connectivity index (χ0n) is 23.0. The molecule has 0 unspecified atom stereocenters. The number of benzene rings is 2. The molecule has 3 N–H and O–H groups in total. The predicted molar refractivity (Wildman–Crippen MR) is 163 cm³/mol. The second-order valence-electron chi connectivity index (χ2n) is 9.53. The van der Waals surface area contributed by atoms with Gasteiger partial charge in [-0.2, -0.15) is 9.36 Å². The van der Waals surface area contributed by atoms with Crippen LogP contribution >= 0.6 is 34.6 Å². The summed E-state index contributed by atoms with van der Waals surface area (Å²) < 4.78 is 10.8. The molecule has 44 heavy (non-hydrogen) atoms. The Morgan fingerprint density at radius 2 is 1.84 bits per heavy atom. The molecule has 0 aliphatic carbocycles. The van der Waals surface area contributed by atoms with Gasteiger partial charge in [0.15, 0.2) is 15.6 Å². The molecule has 13 nitrogen and oxygen atoms in total. The summed E-state index contributed by atoms with van der Waals surface area (Å²) >= 11 is 3.49. The summed E-state index contributed by atoms with van der Waals surface area (Å²) in [7, 11) is 1.28. The Morgan fingerprint density at radius 3 is 2.43 bits per heavy atom. The van der Waals surface area contributed by atoms with E-state index >= 15 is 0 Å². The number of amides is 2. The Bertz CT molecular complexity index is 1690. The molecule has 0 radical (unpaired) electrons. The summed E-state index contributed by atoms with van der Waals surface area (Å²) in [5.74, 6) is -1.87. The maximum atomic E-state index is 14.1. The van der Waals surface area contributed by atoms with Gasteiger partial charge in [0.1, 0.15) is 24.4 Å². The molecule has 0 spiro atoms. The van der Waals surface area contributed by atoms with Crippen molar-refractivity contribution in [3.63, 3.8) is 0 Å². The van der Waals surface area contributed by atoms with Gasteiger partial charge in [-0.05, 0) is 24.0 Å². The molecule has 2 atom stereocenters. The van der Waals surface area contributed by atoms with Crippen molar-refractivity contribution in [3.8, 4) is 0 Å². The highest BCUT2D eigenvalue weighted by atomic mass is 32.2. The van der Waals surface area contributed by atoms with E-state index in [4.69, 9.17) is 15.3 Å². The maximum absolute atomic E-state index is 14.1. The number of thioether (sulfide) groups is 1. The SMILES string of the molecule is CO/N=C(\C(=O)N[C@@H]1C(=O)N2C(C(=O)OC(c3ccccc3)c3ccccc3)=C(Sc3nncs3)CC[C@H]12)c1nsc(N)n1. The first-order valence-electron chi connectivity index (χ1n) is 13.3. The summed E-state index contributed by atoms with van der Waals surface area (Å²) in [5.41, 5.74) is 8.72. The molecule has 2 aliphatic rings. The topological polar surface area (TPSA) is 175 Å². The quantitative estimate of drug-likeness (QED) is 0.112. The Morgan fingerprint density at radius 1 is 1.14 bits per heavy atom. The Kier molecular flexibility index (Phi) is 8.63. The van der Waals surface area contributed by atoms with E-state index in [-0.39, 0.29) is 22.4 Å². The van der Waals surface area contributed by atoms with Crippen LogP contribution in [0.1, 0.15) is 35.9 Å². The van der Waals surface area contributed by atoms with E-state index in [2.05, 4.69) is 30.0 Å². The molecule has 1 fully saturated rings. The van der Waals surface area contributed by atoms with E-state index < -0.39 is 36.0 Å². The van der Waals surface area contributed by atoms with Crippen molar-refractivity contribution >= 4 is 63.3 Å². The largest absolute Gasteiger partial charge is 0.448 e. The number of hydrogen-bond acceptors (Lipinski definition) is 14. The number of esters is 1. The number of carbonyl (C=O) groups is 3. The fraction of sp³-hybridized carbons (Fsp3) is 0.214. The average molecular weight is 649 g/mol. The molecule has 2 aromatic carbocycles. The third kappa shape index (κ3) is 5.91. The average Bonchev–Trinajstić information content (AvgIpc) is 3.73. The molecule has 1 saturated heterocycles. The minimum atomic E-state index is -0.921. The lowest BCUT2D eigenvalue weighted by molar-refractivity contribution is -0.158. The van der Waals surface area contributed by atoms with Crippen molar-refractivity contribution in [3.05, 3.63) is 93.7 Å². The van der Waals surface area contributed by atoms with Crippen LogP contribution in [-0.2, 0) is 24.0 Å². The van der Waals surface area contributed by atoms with Crippen molar-refractivity contribution < 1.29 is 24.0 Å². The summed E-state index contributed by atoms with van der Waals surface area (Å²) in [4.78, 5) is 51.8. The first-order chi connectivity index (χ1) is 21.4. The van der Waals surface area contributed by atoms with Gasteiger partial charge in [-0.25, -0.2) is 4.79 Å². The van der Waals surface area contributed by atoms with Gasteiger partial charge in [0.05, 0.1) is 6.04 Å². The first kappa shape index (κ1) is 29.4. The number of oxime groups is 1. The van der Waals surface area contributed by atoms with Crippen molar-refractivity contribution in [1.82, 2.24) is 29.8 Å². The van der Waals surface area contributed by atoms with E-state index in [1.54, 1.807) is 5.51 Å². The van der Waals surface area contributed by atoms with Crippen LogP contribution in [0.4, 0.5) is 5.13 Å². The van der Waals surface area contributed by atoms with Gasteiger partial charge in [0.2, 0.25) is 11.5 Å². The molecule has 224 valence electrons. The molecule has 2 amide bonds. The number of nitrogens with two attached hydrogens (primary N) is 1. The van der Waals surface area contributed by atoms with Crippen LogP contribution in [-0.4, -0.2) is 67.1 Å². The van der Waals surface area contributed by atoms with Crippen LogP contribution in [0, 0.1) is 0 Å². The van der Waals surface area contributed by atoms with Crippen LogP contribution < -0.4 is 11.1 Å². The van der Waals surface area contributed by atoms with Crippen LogP contribution in [0.2, 0.25) is 0 Å². The fourth-order valence-electron chi connectivity index (χ4n) is 4.99. The van der Waals surface area contributed by atoms with Crippen molar-refractivity contribution in [2.24, 2.45) is 5.16 Å². The van der Waals surface area contributed by atoms with E-state index in [9.17, 15) is 14.4 Å². The molecular weight excluding hydrogens is 625 g/mol. The van der Waals surface area contributed by atoms with E-state index in [1.807, 2.05) is 60.7 Å². The molecule has 0 saturated carbocycles. The Hall–Kier alpha value is -4.67. The third-order valence-corrected chi connectivity index (χ3v) is 9.37. The van der Waals surface area contributed by atoms with Gasteiger partial charge in [-0.15, -0.1) is 10.2 Å². The Balaban J connectivity index is 1.29. The van der Waals surface area contributed by atoms with Crippen molar-refractivity contribution in [2.45, 2.75) is 35.4 Å². The predicted octanol–water partition coefficient (Wildman–Crippen LogP) is 3.15. The molecular formula is C28H24N8O5S3. The van der Waals surface area contributed by atoms with Gasteiger partial charge in [0.25, 0.3) is 11.8 Å². The van der Waals surface area contributed by atoms with Gasteiger partial charge < -0.3 is 20.6 Å². The zero-order valence-corrected chi connectivity index (χ0v) is 25.5. The summed E-state index contributed by atoms with van der Waals surface area (Å²) in [6.45, 7) is 0. The second kappa shape index (κ2) is 12.9. The second-order valence-corrected chi connectivity index (χ2v) is 12.5. The molecule has 16 heteroatoms. The van der Waals surface area contributed by atoms with E-state index in [1.165, 1.54) is 35.1 Å². The lowest BCUT2D eigenvalue weighted by Crippen LogP contribution is -2.72. The number of allylic oxidation sites excluding steroid dienone is 1. The lowest BCUT2D eigenvalue weighted by atomic mass is 9.86. The number of carbonyl (C=O) groups excluding carboxylic acids is 3. The number of fused-ring (bicyclic) bond motifs is 1.